The zero-order valence-electron chi connectivity index (χ0n) is 12.9. The van der Waals surface area contributed by atoms with Gasteiger partial charge >= 0.3 is 0 Å². The molecule has 1 aromatic heterocycles. The van der Waals surface area contributed by atoms with Crippen LogP contribution in [-0.2, 0) is 5.41 Å². The predicted octanol–water partition coefficient (Wildman–Crippen LogP) is 4.02. The molecule has 1 heterocycles. The number of pyridine rings is 1. The highest BCUT2D eigenvalue weighted by atomic mass is 14.9. The Morgan fingerprint density at radius 1 is 1.15 bits per heavy atom. The number of hydrogen-bond acceptors (Lipinski definition) is 2. The average Bonchev–Trinajstić information content (AvgIpc) is 2.45. The minimum atomic E-state index is 0.00669. The summed E-state index contributed by atoms with van der Waals surface area (Å²) in [6.45, 7) is 9.76. The second kappa shape index (κ2) is 6.19. The first-order valence-corrected chi connectivity index (χ1v) is 7.26. The summed E-state index contributed by atoms with van der Waals surface area (Å²) in [5.41, 5.74) is 3.80. The first-order chi connectivity index (χ1) is 9.55. The fourth-order valence-corrected chi connectivity index (χ4v) is 2.76. The van der Waals surface area contributed by atoms with E-state index in [1.54, 1.807) is 0 Å². The third-order valence-corrected chi connectivity index (χ3v) is 3.88. The van der Waals surface area contributed by atoms with E-state index < -0.39 is 0 Å². The molecular formula is C18H24N2. The fraction of sp³-hybridized carbons (Fsp3) is 0.389. The van der Waals surface area contributed by atoms with Crippen LogP contribution in [0.4, 0.5) is 0 Å². The van der Waals surface area contributed by atoms with Gasteiger partial charge in [0.2, 0.25) is 0 Å². The molecule has 0 amide bonds. The maximum Gasteiger partial charge on any atom is 0.0428 e. The quantitative estimate of drug-likeness (QED) is 0.886. The predicted molar refractivity (Wildman–Crippen MR) is 84.9 cm³/mol. The monoisotopic (exact) mass is 268 g/mol. The van der Waals surface area contributed by atoms with Crippen molar-refractivity contribution in [1.82, 2.24) is 10.3 Å². The van der Waals surface area contributed by atoms with Gasteiger partial charge in [-0.25, -0.2) is 0 Å². The standard InChI is InChI=1S/C18H24N2/c1-5-20-17(15-11-14(2)12-19-13-15)18(3,4)16-9-7-6-8-10-16/h6-13,17,20H,5H2,1-4H3. The molecule has 0 fully saturated rings. The minimum absolute atomic E-state index is 0.00669. The molecule has 0 saturated heterocycles. The Morgan fingerprint density at radius 2 is 1.85 bits per heavy atom. The second-order valence-corrected chi connectivity index (χ2v) is 5.87. The van der Waals surface area contributed by atoms with Crippen molar-refractivity contribution >= 4 is 0 Å². The number of nitrogens with one attached hydrogen (secondary N) is 1. The first-order valence-electron chi connectivity index (χ1n) is 7.26. The molecule has 0 saturated carbocycles. The SMILES string of the molecule is CCNC(c1cncc(C)c1)C(C)(C)c1ccccc1. The van der Waals surface area contributed by atoms with Crippen molar-refractivity contribution < 1.29 is 0 Å². The Labute approximate surface area is 122 Å². The van der Waals surface area contributed by atoms with Gasteiger partial charge in [-0.1, -0.05) is 57.2 Å². The Kier molecular flexibility index (Phi) is 4.56. The number of benzene rings is 1. The van der Waals surface area contributed by atoms with E-state index in [1.165, 1.54) is 16.7 Å². The number of hydrogen-bond donors (Lipinski definition) is 1. The van der Waals surface area contributed by atoms with Gasteiger partial charge in [0.25, 0.3) is 0 Å². The highest BCUT2D eigenvalue weighted by molar-refractivity contribution is 5.32. The van der Waals surface area contributed by atoms with E-state index in [4.69, 9.17) is 0 Å². The average molecular weight is 268 g/mol. The van der Waals surface area contributed by atoms with Crippen LogP contribution in [0.25, 0.3) is 0 Å². The molecule has 0 aliphatic rings. The number of rotatable bonds is 5. The van der Waals surface area contributed by atoms with Gasteiger partial charge in [0.1, 0.15) is 0 Å². The Morgan fingerprint density at radius 3 is 2.45 bits per heavy atom. The summed E-state index contributed by atoms with van der Waals surface area (Å²) >= 11 is 0. The molecule has 2 rings (SSSR count). The van der Waals surface area contributed by atoms with Crippen molar-refractivity contribution in [2.45, 2.75) is 39.2 Å². The molecule has 0 spiro atoms. The maximum atomic E-state index is 4.35. The van der Waals surface area contributed by atoms with E-state index in [1.807, 2.05) is 12.4 Å². The highest BCUT2D eigenvalue weighted by Crippen LogP contribution is 2.36. The van der Waals surface area contributed by atoms with Crippen LogP contribution >= 0.6 is 0 Å². The van der Waals surface area contributed by atoms with Crippen molar-refractivity contribution in [3.8, 4) is 0 Å². The molecule has 1 atom stereocenters. The number of aryl methyl sites for hydroxylation is 1. The number of aromatic nitrogens is 1. The molecule has 0 aliphatic heterocycles. The maximum absolute atomic E-state index is 4.35. The van der Waals surface area contributed by atoms with Gasteiger partial charge in [-0.05, 0) is 30.2 Å². The molecule has 0 aliphatic carbocycles. The van der Waals surface area contributed by atoms with Gasteiger partial charge in [0, 0.05) is 23.9 Å². The van der Waals surface area contributed by atoms with Crippen LogP contribution in [0.15, 0.2) is 48.8 Å². The summed E-state index contributed by atoms with van der Waals surface area (Å²) in [7, 11) is 0. The van der Waals surface area contributed by atoms with Crippen molar-refractivity contribution in [2.24, 2.45) is 0 Å². The number of nitrogens with zero attached hydrogens (tertiary/aromatic N) is 1. The van der Waals surface area contributed by atoms with Gasteiger partial charge in [0.15, 0.2) is 0 Å². The molecule has 1 N–H and O–H groups in total. The Balaban J connectivity index is 2.42. The Hall–Kier alpha value is -1.67. The lowest BCUT2D eigenvalue weighted by Crippen LogP contribution is -2.37. The van der Waals surface area contributed by atoms with Gasteiger partial charge in [-0.2, -0.15) is 0 Å². The van der Waals surface area contributed by atoms with E-state index >= 15 is 0 Å². The van der Waals surface area contributed by atoms with Crippen molar-refractivity contribution in [2.75, 3.05) is 6.54 Å². The topological polar surface area (TPSA) is 24.9 Å². The summed E-state index contributed by atoms with van der Waals surface area (Å²) in [5.74, 6) is 0. The third kappa shape index (κ3) is 3.07. The molecule has 2 aromatic rings. The molecule has 0 radical (unpaired) electrons. The van der Waals surface area contributed by atoms with Crippen molar-refractivity contribution in [1.29, 1.82) is 0 Å². The van der Waals surface area contributed by atoms with Crippen LogP contribution < -0.4 is 5.32 Å². The summed E-state index contributed by atoms with van der Waals surface area (Å²) < 4.78 is 0. The molecule has 2 nitrogen and oxygen atoms in total. The van der Waals surface area contributed by atoms with Crippen LogP contribution in [0.3, 0.4) is 0 Å². The van der Waals surface area contributed by atoms with Gasteiger partial charge in [-0.15, -0.1) is 0 Å². The Bertz CT molecular complexity index is 546. The summed E-state index contributed by atoms with van der Waals surface area (Å²) in [5, 5.41) is 3.62. The second-order valence-electron chi connectivity index (χ2n) is 5.87. The smallest absolute Gasteiger partial charge is 0.0428 e. The normalized spacial score (nSPS) is 13.2. The lowest BCUT2D eigenvalue weighted by atomic mass is 9.75. The van der Waals surface area contributed by atoms with E-state index in [0.717, 1.165) is 6.54 Å². The minimum Gasteiger partial charge on any atom is -0.309 e. The van der Waals surface area contributed by atoms with Gasteiger partial charge in [-0.3, -0.25) is 4.98 Å². The van der Waals surface area contributed by atoms with Crippen LogP contribution in [0.1, 0.15) is 43.5 Å². The fourth-order valence-electron chi connectivity index (χ4n) is 2.76. The van der Waals surface area contributed by atoms with E-state index in [0.29, 0.717) is 0 Å². The first kappa shape index (κ1) is 14.7. The van der Waals surface area contributed by atoms with E-state index in [-0.39, 0.29) is 11.5 Å². The zero-order valence-corrected chi connectivity index (χ0v) is 12.9. The third-order valence-electron chi connectivity index (χ3n) is 3.88. The van der Waals surface area contributed by atoms with Crippen LogP contribution in [0.5, 0.6) is 0 Å². The molecular weight excluding hydrogens is 244 g/mol. The lowest BCUT2D eigenvalue weighted by Gasteiger charge is -2.36. The van der Waals surface area contributed by atoms with Crippen LogP contribution in [0, 0.1) is 6.92 Å². The van der Waals surface area contributed by atoms with Crippen LogP contribution in [-0.4, -0.2) is 11.5 Å². The largest absolute Gasteiger partial charge is 0.309 e. The van der Waals surface area contributed by atoms with Gasteiger partial charge in [0.05, 0.1) is 0 Å². The van der Waals surface area contributed by atoms with E-state index in [2.05, 4.69) is 74.4 Å². The molecule has 0 bridgehead atoms. The van der Waals surface area contributed by atoms with Crippen molar-refractivity contribution in [3.63, 3.8) is 0 Å². The molecule has 1 unspecified atom stereocenters. The van der Waals surface area contributed by atoms with E-state index in [9.17, 15) is 0 Å². The molecule has 20 heavy (non-hydrogen) atoms. The summed E-state index contributed by atoms with van der Waals surface area (Å²) in [6, 6.07) is 13.2. The van der Waals surface area contributed by atoms with Crippen molar-refractivity contribution in [3.05, 3.63) is 65.5 Å². The zero-order chi connectivity index (χ0) is 14.6. The molecule has 106 valence electrons. The summed E-state index contributed by atoms with van der Waals surface area (Å²) in [6.07, 6.45) is 3.88. The molecule has 2 heteroatoms. The molecule has 1 aromatic carbocycles. The number of likely N-dealkylation sites (N-methyl/N-ethyl adjacent to an activating group) is 1. The lowest BCUT2D eigenvalue weighted by molar-refractivity contribution is 0.353. The summed E-state index contributed by atoms with van der Waals surface area (Å²) in [4.78, 5) is 4.35. The van der Waals surface area contributed by atoms with Gasteiger partial charge < -0.3 is 5.32 Å². The van der Waals surface area contributed by atoms with Crippen LogP contribution in [0.2, 0.25) is 0 Å². The highest BCUT2D eigenvalue weighted by Gasteiger charge is 2.32.